The van der Waals surface area contributed by atoms with Gasteiger partial charge < -0.3 is 9.47 Å². The molecule has 7 heteroatoms. The van der Waals surface area contributed by atoms with E-state index in [0.29, 0.717) is 34.3 Å². The summed E-state index contributed by atoms with van der Waals surface area (Å²) >= 11 is 6.23. The van der Waals surface area contributed by atoms with Gasteiger partial charge in [-0.2, -0.15) is 0 Å². The van der Waals surface area contributed by atoms with Gasteiger partial charge in [-0.3, -0.25) is 9.59 Å². The Hall–Kier alpha value is -3.51. The van der Waals surface area contributed by atoms with Crippen LogP contribution < -0.4 is 9.47 Å². The van der Waals surface area contributed by atoms with Crippen LogP contribution in [0.4, 0.5) is 0 Å². The summed E-state index contributed by atoms with van der Waals surface area (Å²) in [6.07, 6.45) is 0. The second-order valence-electron chi connectivity index (χ2n) is 9.60. The van der Waals surface area contributed by atoms with Gasteiger partial charge in [0, 0.05) is 16.1 Å². The summed E-state index contributed by atoms with van der Waals surface area (Å²) in [6, 6.07) is 21.2. The summed E-state index contributed by atoms with van der Waals surface area (Å²) in [7, 11) is 1.60. The van der Waals surface area contributed by atoms with Crippen molar-refractivity contribution in [3.8, 4) is 11.5 Å². The SMILES string of the molecule is CCOc1ccc(C(=O)N(Cc2ccc(OC)cc2)N(C(=O)c2cccc(Cl)c2)C(C)(C)C(C)C)cc1. The van der Waals surface area contributed by atoms with Crippen LogP contribution in [0.25, 0.3) is 0 Å². The van der Waals surface area contributed by atoms with Crippen molar-refractivity contribution in [3.63, 3.8) is 0 Å². The molecule has 0 aliphatic rings. The zero-order chi connectivity index (χ0) is 27.2. The first-order valence-corrected chi connectivity index (χ1v) is 12.7. The number of hydrogen-bond acceptors (Lipinski definition) is 4. The Morgan fingerprint density at radius 2 is 1.51 bits per heavy atom. The third-order valence-corrected chi connectivity index (χ3v) is 6.84. The average molecular weight is 523 g/mol. The Bertz CT molecular complexity index is 1210. The fourth-order valence-corrected chi connectivity index (χ4v) is 4.01. The lowest BCUT2D eigenvalue weighted by molar-refractivity contribution is -0.0674. The number of benzene rings is 3. The number of nitrogens with zero attached hydrogens (tertiary/aromatic N) is 2. The molecule has 0 saturated carbocycles. The monoisotopic (exact) mass is 522 g/mol. The summed E-state index contributed by atoms with van der Waals surface area (Å²) in [5, 5.41) is 3.56. The molecule has 3 rings (SSSR count). The molecular formula is C30H35ClN2O4. The molecule has 0 heterocycles. The molecule has 3 aromatic rings. The molecule has 0 spiro atoms. The number of ether oxygens (including phenoxy) is 2. The van der Waals surface area contributed by atoms with E-state index in [9.17, 15) is 9.59 Å². The minimum Gasteiger partial charge on any atom is -0.497 e. The van der Waals surface area contributed by atoms with E-state index >= 15 is 0 Å². The molecule has 196 valence electrons. The second kappa shape index (κ2) is 12.2. The van der Waals surface area contributed by atoms with Crippen LogP contribution in [0.3, 0.4) is 0 Å². The molecule has 0 aliphatic carbocycles. The van der Waals surface area contributed by atoms with Gasteiger partial charge in [0.05, 0.1) is 25.8 Å². The first-order chi connectivity index (χ1) is 17.6. The highest BCUT2D eigenvalue weighted by Gasteiger charge is 2.41. The lowest BCUT2D eigenvalue weighted by Crippen LogP contribution is -2.60. The summed E-state index contributed by atoms with van der Waals surface area (Å²) in [6.45, 7) is 10.6. The predicted octanol–water partition coefficient (Wildman–Crippen LogP) is 6.88. The number of hydrogen-bond donors (Lipinski definition) is 0. The standard InChI is InChI=1S/C30H35ClN2O4/c1-7-37-27-17-13-23(14-18-27)28(34)32(20-22-11-15-26(36-6)16-12-22)33(30(4,5)21(2)3)29(35)24-9-8-10-25(31)19-24/h8-19,21H,7,20H2,1-6H3. The average Bonchev–Trinajstić information content (AvgIpc) is 2.88. The molecule has 0 saturated heterocycles. The highest BCUT2D eigenvalue weighted by atomic mass is 35.5. The van der Waals surface area contributed by atoms with Crippen LogP contribution >= 0.6 is 11.6 Å². The van der Waals surface area contributed by atoms with E-state index in [0.717, 1.165) is 5.56 Å². The van der Waals surface area contributed by atoms with Crippen LogP contribution in [0.5, 0.6) is 11.5 Å². The molecule has 6 nitrogen and oxygen atoms in total. The fourth-order valence-electron chi connectivity index (χ4n) is 3.82. The number of halogens is 1. The van der Waals surface area contributed by atoms with Crippen molar-refractivity contribution in [2.24, 2.45) is 5.92 Å². The number of hydrazine groups is 1. The summed E-state index contributed by atoms with van der Waals surface area (Å²) < 4.78 is 10.8. The highest BCUT2D eigenvalue weighted by Crippen LogP contribution is 2.31. The van der Waals surface area contributed by atoms with E-state index in [1.807, 2.05) is 58.9 Å². The summed E-state index contributed by atoms with van der Waals surface area (Å²) in [5.74, 6) is 0.803. The Balaban J connectivity index is 2.13. The van der Waals surface area contributed by atoms with Crippen molar-refractivity contribution in [2.75, 3.05) is 13.7 Å². The highest BCUT2D eigenvalue weighted by molar-refractivity contribution is 6.31. The minimum atomic E-state index is -0.715. The Morgan fingerprint density at radius 3 is 2.05 bits per heavy atom. The fraction of sp³-hybridized carbons (Fsp3) is 0.333. The molecule has 0 fully saturated rings. The molecule has 0 bridgehead atoms. The van der Waals surface area contributed by atoms with Crippen LogP contribution in [0.1, 0.15) is 60.9 Å². The smallest absolute Gasteiger partial charge is 0.273 e. The van der Waals surface area contributed by atoms with Crippen LogP contribution in [0.15, 0.2) is 72.8 Å². The van der Waals surface area contributed by atoms with Gasteiger partial charge in [0.15, 0.2) is 0 Å². The molecule has 0 aliphatic heterocycles. The van der Waals surface area contributed by atoms with Gasteiger partial charge in [-0.1, -0.05) is 43.6 Å². The molecule has 0 N–H and O–H groups in total. The van der Waals surface area contributed by atoms with Gasteiger partial charge in [-0.15, -0.1) is 0 Å². The van der Waals surface area contributed by atoms with Gasteiger partial charge in [0.2, 0.25) is 0 Å². The van der Waals surface area contributed by atoms with Gasteiger partial charge in [0.25, 0.3) is 11.8 Å². The van der Waals surface area contributed by atoms with Crippen molar-refractivity contribution in [2.45, 2.75) is 46.7 Å². The number of carbonyl (C=O) groups is 2. The van der Waals surface area contributed by atoms with Crippen LogP contribution in [-0.4, -0.2) is 41.1 Å². The van der Waals surface area contributed by atoms with Gasteiger partial charge in [0.1, 0.15) is 11.5 Å². The van der Waals surface area contributed by atoms with E-state index in [1.165, 1.54) is 5.01 Å². The topological polar surface area (TPSA) is 59.1 Å². The third-order valence-electron chi connectivity index (χ3n) is 6.60. The largest absolute Gasteiger partial charge is 0.497 e. The maximum Gasteiger partial charge on any atom is 0.273 e. The molecule has 3 aromatic carbocycles. The Kier molecular flexibility index (Phi) is 9.22. The quantitative estimate of drug-likeness (QED) is 0.287. The number of amides is 2. The molecule has 0 atom stereocenters. The first kappa shape index (κ1) is 28.1. The lowest BCUT2D eigenvalue weighted by Gasteiger charge is -2.47. The molecular weight excluding hydrogens is 488 g/mol. The maximum absolute atomic E-state index is 14.1. The van der Waals surface area contributed by atoms with E-state index in [-0.39, 0.29) is 24.3 Å². The zero-order valence-corrected chi connectivity index (χ0v) is 23.1. The predicted molar refractivity (Wildman–Crippen MR) is 147 cm³/mol. The normalized spacial score (nSPS) is 11.2. The number of methoxy groups -OCH3 is 1. The maximum atomic E-state index is 14.1. The van der Waals surface area contributed by atoms with Crippen molar-refractivity contribution in [3.05, 3.63) is 94.5 Å². The van der Waals surface area contributed by atoms with Crippen molar-refractivity contribution < 1.29 is 19.1 Å². The molecule has 2 amide bonds. The first-order valence-electron chi connectivity index (χ1n) is 12.4. The van der Waals surface area contributed by atoms with Gasteiger partial charge in [-0.25, -0.2) is 10.0 Å². The van der Waals surface area contributed by atoms with E-state index < -0.39 is 5.54 Å². The minimum absolute atomic E-state index is 0.0298. The van der Waals surface area contributed by atoms with Gasteiger partial charge >= 0.3 is 0 Å². The summed E-state index contributed by atoms with van der Waals surface area (Å²) in [5.41, 5.74) is 0.983. The number of rotatable bonds is 9. The Labute approximate surface area is 224 Å². The van der Waals surface area contributed by atoms with Gasteiger partial charge in [-0.05, 0) is 86.8 Å². The second-order valence-corrected chi connectivity index (χ2v) is 10.0. The Morgan fingerprint density at radius 1 is 0.892 bits per heavy atom. The molecule has 37 heavy (non-hydrogen) atoms. The van der Waals surface area contributed by atoms with Crippen LogP contribution in [0.2, 0.25) is 5.02 Å². The molecule has 0 unspecified atom stereocenters. The summed E-state index contributed by atoms with van der Waals surface area (Å²) in [4.78, 5) is 28.2. The van der Waals surface area contributed by atoms with Crippen LogP contribution in [0, 0.1) is 5.92 Å². The van der Waals surface area contributed by atoms with E-state index in [1.54, 1.807) is 60.6 Å². The lowest BCUT2D eigenvalue weighted by atomic mass is 9.89. The van der Waals surface area contributed by atoms with Crippen molar-refractivity contribution in [1.29, 1.82) is 0 Å². The van der Waals surface area contributed by atoms with E-state index in [2.05, 4.69) is 0 Å². The van der Waals surface area contributed by atoms with Crippen molar-refractivity contribution >= 4 is 23.4 Å². The van der Waals surface area contributed by atoms with Crippen LogP contribution in [-0.2, 0) is 6.54 Å². The molecule has 0 radical (unpaired) electrons. The zero-order valence-electron chi connectivity index (χ0n) is 22.3. The third kappa shape index (κ3) is 6.63. The molecule has 0 aromatic heterocycles. The van der Waals surface area contributed by atoms with E-state index in [4.69, 9.17) is 21.1 Å². The van der Waals surface area contributed by atoms with Crippen molar-refractivity contribution in [1.82, 2.24) is 10.0 Å². The number of carbonyl (C=O) groups excluding carboxylic acids is 2.